The molecule has 1 saturated carbocycles. The zero-order valence-corrected chi connectivity index (χ0v) is 9.93. The van der Waals surface area contributed by atoms with Gasteiger partial charge in [0.15, 0.2) is 0 Å². The van der Waals surface area contributed by atoms with E-state index in [1.807, 2.05) is 6.07 Å². The van der Waals surface area contributed by atoms with E-state index in [-0.39, 0.29) is 0 Å². The number of hydrogen-bond donors (Lipinski definition) is 2. The molecule has 92 valence electrons. The van der Waals surface area contributed by atoms with Crippen molar-refractivity contribution in [2.24, 2.45) is 0 Å². The molecule has 0 bridgehead atoms. The van der Waals surface area contributed by atoms with Crippen molar-refractivity contribution >= 4 is 12.6 Å². The third-order valence-electron chi connectivity index (χ3n) is 3.11. The molecular weight excluding hydrogens is 219 g/mol. The minimum atomic E-state index is -1.52. The molecule has 1 aromatic carbocycles. The first kappa shape index (κ1) is 12.4. The van der Waals surface area contributed by atoms with E-state index in [9.17, 15) is 10.0 Å². The first-order valence-electron chi connectivity index (χ1n) is 5.85. The summed E-state index contributed by atoms with van der Waals surface area (Å²) in [4.78, 5) is 0. The molecule has 17 heavy (non-hydrogen) atoms. The predicted molar refractivity (Wildman–Crippen MR) is 65.2 cm³/mol. The maximum Gasteiger partial charge on any atom is 0.492 e. The van der Waals surface area contributed by atoms with Gasteiger partial charge in [-0.25, -0.2) is 0 Å². The van der Waals surface area contributed by atoms with Gasteiger partial charge in [-0.3, -0.25) is 0 Å². The summed E-state index contributed by atoms with van der Waals surface area (Å²) in [6, 6.07) is 5.32. The molecule has 4 nitrogen and oxygen atoms in total. The van der Waals surface area contributed by atoms with Crippen LogP contribution in [0.2, 0.25) is 0 Å². The van der Waals surface area contributed by atoms with Crippen molar-refractivity contribution < 1.29 is 19.5 Å². The second-order valence-electron chi connectivity index (χ2n) is 4.31. The van der Waals surface area contributed by atoms with Crippen LogP contribution >= 0.6 is 0 Å². The van der Waals surface area contributed by atoms with Crippen LogP contribution in [0.1, 0.15) is 24.8 Å². The third kappa shape index (κ3) is 3.00. The predicted octanol–water partition coefficient (Wildman–Crippen LogP) is 0.444. The Kier molecular flexibility index (Phi) is 4.04. The fourth-order valence-electron chi connectivity index (χ4n) is 1.83. The molecule has 0 aromatic heterocycles. The van der Waals surface area contributed by atoms with Gasteiger partial charge in [-0.15, -0.1) is 0 Å². The van der Waals surface area contributed by atoms with Crippen molar-refractivity contribution in [2.45, 2.75) is 32.0 Å². The Balaban J connectivity index is 2.04. The summed E-state index contributed by atoms with van der Waals surface area (Å²) in [5, 5.41) is 18.5. The topological polar surface area (TPSA) is 58.9 Å². The molecule has 0 atom stereocenters. The second kappa shape index (κ2) is 5.53. The molecule has 0 aliphatic heterocycles. The quantitative estimate of drug-likeness (QED) is 0.728. The maximum atomic E-state index is 9.23. The standard InChI is InChI=1S/C12H17BO4/c1-16-12-6-5-9(7-11(12)13(14)15)8-17-10-3-2-4-10/h5-7,10,14-15H,2-4,8H2,1H3. The van der Waals surface area contributed by atoms with E-state index in [0.29, 0.717) is 23.9 Å². The van der Waals surface area contributed by atoms with Gasteiger partial charge >= 0.3 is 7.12 Å². The van der Waals surface area contributed by atoms with Crippen LogP contribution in [0.3, 0.4) is 0 Å². The van der Waals surface area contributed by atoms with Gasteiger partial charge in [0.2, 0.25) is 0 Å². The lowest BCUT2D eigenvalue weighted by Gasteiger charge is -2.25. The highest BCUT2D eigenvalue weighted by Gasteiger charge is 2.20. The molecule has 5 heteroatoms. The van der Waals surface area contributed by atoms with E-state index < -0.39 is 7.12 Å². The molecule has 1 fully saturated rings. The number of rotatable bonds is 5. The highest BCUT2D eigenvalue weighted by atomic mass is 16.5. The Morgan fingerprint density at radius 2 is 2.12 bits per heavy atom. The van der Waals surface area contributed by atoms with Gasteiger partial charge in [0, 0.05) is 5.46 Å². The number of benzene rings is 1. The van der Waals surface area contributed by atoms with Crippen molar-refractivity contribution in [1.29, 1.82) is 0 Å². The van der Waals surface area contributed by atoms with Crippen LogP contribution in [-0.2, 0) is 11.3 Å². The van der Waals surface area contributed by atoms with Gasteiger partial charge in [0.1, 0.15) is 5.75 Å². The van der Waals surface area contributed by atoms with Crippen LogP contribution in [0.5, 0.6) is 5.75 Å². The van der Waals surface area contributed by atoms with E-state index in [1.165, 1.54) is 13.5 Å². The van der Waals surface area contributed by atoms with Crippen molar-refractivity contribution in [3.8, 4) is 5.75 Å². The van der Waals surface area contributed by atoms with Crippen LogP contribution < -0.4 is 10.2 Å². The maximum absolute atomic E-state index is 9.23. The van der Waals surface area contributed by atoms with E-state index in [4.69, 9.17) is 9.47 Å². The Morgan fingerprint density at radius 3 is 2.65 bits per heavy atom. The summed E-state index contributed by atoms with van der Waals surface area (Å²) in [6.07, 6.45) is 3.88. The van der Waals surface area contributed by atoms with Crippen LogP contribution in [0, 0.1) is 0 Å². The molecule has 0 radical (unpaired) electrons. The SMILES string of the molecule is COc1ccc(COC2CCC2)cc1B(O)O. The number of ether oxygens (including phenoxy) is 2. The Labute approximate surface area is 101 Å². The minimum absolute atomic E-state index is 0.375. The van der Waals surface area contributed by atoms with Crippen molar-refractivity contribution in [3.63, 3.8) is 0 Å². The van der Waals surface area contributed by atoms with E-state index >= 15 is 0 Å². The average Bonchev–Trinajstić information content (AvgIpc) is 2.26. The smallest absolute Gasteiger partial charge is 0.492 e. The summed E-state index contributed by atoms with van der Waals surface area (Å²) in [5.74, 6) is 0.479. The van der Waals surface area contributed by atoms with E-state index in [2.05, 4.69) is 0 Å². The van der Waals surface area contributed by atoms with Crippen molar-refractivity contribution in [1.82, 2.24) is 0 Å². The van der Waals surface area contributed by atoms with Crippen LogP contribution in [-0.4, -0.2) is 30.4 Å². The normalized spacial score (nSPS) is 15.5. The lowest BCUT2D eigenvalue weighted by molar-refractivity contribution is -0.00864. The zero-order valence-electron chi connectivity index (χ0n) is 9.93. The molecule has 0 amide bonds. The van der Waals surface area contributed by atoms with Crippen LogP contribution in [0.4, 0.5) is 0 Å². The lowest BCUT2D eigenvalue weighted by atomic mass is 9.79. The zero-order chi connectivity index (χ0) is 12.3. The number of hydrogen-bond acceptors (Lipinski definition) is 4. The molecule has 2 rings (SSSR count). The monoisotopic (exact) mass is 236 g/mol. The largest absolute Gasteiger partial charge is 0.497 e. The molecule has 2 N–H and O–H groups in total. The lowest BCUT2D eigenvalue weighted by Crippen LogP contribution is -2.31. The number of methoxy groups -OCH3 is 1. The van der Waals surface area contributed by atoms with Crippen molar-refractivity contribution in [2.75, 3.05) is 7.11 Å². The first-order valence-corrected chi connectivity index (χ1v) is 5.85. The molecule has 1 aliphatic carbocycles. The van der Waals surface area contributed by atoms with Gasteiger partial charge < -0.3 is 19.5 Å². The van der Waals surface area contributed by atoms with Gasteiger partial charge in [0.25, 0.3) is 0 Å². The fraction of sp³-hybridized carbons (Fsp3) is 0.500. The Hall–Kier alpha value is -1.04. The molecule has 0 heterocycles. The summed E-state index contributed by atoms with van der Waals surface area (Å²) in [6.45, 7) is 0.508. The molecule has 0 spiro atoms. The second-order valence-corrected chi connectivity index (χ2v) is 4.31. The van der Waals surface area contributed by atoms with Gasteiger partial charge in [-0.2, -0.15) is 0 Å². The average molecular weight is 236 g/mol. The molecule has 1 aliphatic rings. The summed E-state index contributed by atoms with van der Waals surface area (Å²) in [5.41, 5.74) is 1.31. The summed E-state index contributed by atoms with van der Waals surface area (Å²) >= 11 is 0. The van der Waals surface area contributed by atoms with E-state index in [0.717, 1.165) is 18.4 Å². The minimum Gasteiger partial charge on any atom is -0.497 e. The highest BCUT2D eigenvalue weighted by Crippen LogP contribution is 2.23. The Morgan fingerprint density at radius 1 is 1.35 bits per heavy atom. The van der Waals surface area contributed by atoms with Gasteiger partial charge in [-0.05, 0) is 30.9 Å². The third-order valence-corrected chi connectivity index (χ3v) is 3.11. The fourth-order valence-corrected chi connectivity index (χ4v) is 1.83. The summed E-state index contributed by atoms with van der Waals surface area (Å²) in [7, 11) is -0.0141. The molecule has 0 unspecified atom stereocenters. The first-order chi connectivity index (χ1) is 8.20. The van der Waals surface area contributed by atoms with Gasteiger partial charge in [-0.1, -0.05) is 12.1 Å². The summed E-state index contributed by atoms with van der Waals surface area (Å²) < 4.78 is 10.7. The van der Waals surface area contributed by atoms with Crippen molar-refractivity contribution in [3.05, 3.63) is 23.8 Å². The van der Waals surface area contributed by atoms with Crippen LogP contribution in [0.25, 0.3) is 0 Å². The van der Waals surface area contributed by atoms with Gasteiger partial charge in [0.05, 0.1) is 19.8 Å². The molecular formula is C12H17BO4. The molecule has 1 aromatic rings. The van der Waals surface area contributed by atoms with E-state index in [1.54, 1.807) is 12.1 Å². The molecule has 0 saturated heterocycles. The Bertz CT molecular complexity index is 377. The van der Waals surface area contributed by atoms with Crippen LogP contribution in [0.15, 0.2) is 18.2 Å². The highest BCUT2D eigenvalue weighted by molar-refractivity contribution is 6.59.